The van der Waals surface area contributed by atoms with Crippen LogP contribution >= 0.6 is 15.9 Å². The van der Waals surface area contributed by atoms with Crippen molar-refractivity contribution in [1.82, 2.24) is 0 Å². The van der Waals surface area contributed by atoms with E-state index in [1.165, 1.54) is 5.56 Å². The summed E-state index contributed by atoms with van der Waals surface area (Å²) in [4.78, 5) is 0. The van der Waals surface area contributed by atoms with Gasteiger partial charge in [0.2, 0.25) is 0 Å². The fourth-order valence-electron chi connectivity index (χ4n) is 1.91. The van der Waals surface area contributed by atoms with Crippen LogP contribution in [0.1, 0.15) is 33.3 Å². The number of hydrogen-bond donors (Lipinski definition) is 1. The Labute approximate surface area is 113 Å². The standard InChI is InChI=1S/C14H22BrNO/c1-9-8-11(6-7-12(9)15)17-13(10(2)16)14(3,4)5/h6-8,10,13H,16H2,1-5H3. The molecule has 0 aliphatic carbocycles. The Morgan fingerprint density at radius 3 is 2.29 bits per heavy atom. The van der Waals surface area contributed by atoms with E-state index in [1.807, 2.05) is 25.1 Å². The van der Waals surface area contributed by atoms with E-state index in [2.05, 4.69) is 43.6 Å². The van der Waals surface area contributed by atoms with Gasteiger partial charge in [-0.05, 0) is 37.6 Å². The van der Waals surface area contributed by atoms with Crippen molar-refractivity contribution in [1.29, 1.82) is 0 Å². The van der Waals surface area contributed by atoms with Crippen LogP contribution in [0.5, 0.6) is 5.75 Å². The predicted octanol–water partition coefficient (Wildman–Crippen LogP) is 3.90. The van der Waals surface area contributed by atoms with Crippen LogP contribution in [0.4, 0.5) is 0 Å². The smallest absolute Gasteiger partial charge is 0.120 e. The van der Waals surface area contributed by atoms with Gasteiger partial charge in [-0.2, -0.15) is 0 Å². The SMILES string of the molecule is Cc1cc(OC(C(C)N)C(C)(C)C)ccc1Br. The van der Waals surface area contributed by atoms with Crippen LogP contribution in [0.2, 0.25) is 0 Å². The molecule has 2 unspecified atom stereocenters. The summed E-state index contributed by atoms with van der Waals surface area (Å²) in [5.41, 5.74) is 7.19. The van der Waals surface area contributed by atoms with Gasteiger partial charge in [-0.3, -0.25) is 0 Å². The summed E-state index contributed by atoms with van der Waals surface area (Å²) in [7, 11) is 0. The molecule has 17 heavy (non-hydrogen) atoms. The summed E-state index contributed by atoms with van der Waals surface area (Å²) >= 11 is 3.48. The molecule has 96 valence electrons. The monoisotopic (exact) mass is 299 g/mol. The largest absolute Gasteiger partial charge is 0.488 e. The summed E-state index contributed by atoms with van der Waals surface area (Å²) in [6, 6.07) is 6.01. The topological polar surface area (TPSA) is 35.2 Å². The second kappa shape index (κ2) is 5.40. The van der Waals surface area contributed by atoms with Gasteiger partial charge in [-0.1, -0.05) is 36.7 Å². The fourth-order valence-corrected chi connectivity index (χ4v) is 2.16. The average Bonchev–Trinajstić information content (AvgIpc) is 2.17. The zero-order chi connectivity index (χ0) is 13.2. The predicted molar refractivity (Wildman–Crippen MR) is 76.4 cm³/mol. The van der Waals surface area contributed by atoms with E-state index >= 15 is 0 Å². The summed E-state index contributed by atoms with van der Waals surface area (Å²) in [6.07, 6.45) is 0.00285. The lowest BCUT2D eigenvalue weighted by Gasteiger charge is -2.34. The molecule has 1 rings (SSSR count). The van der Waals surface area contributed by atoms with Crippen molar-refractivity contribution in [2.75, 3.05) is 0 Å². The van der Waals surface area contributed by atoms with Crippen LogP contribution < -0.4 is 10.5 Å². The van der Waals surface area contributed by atoms with Gasteiger partial charge < -0.3 is 10.5 Å². The third kappa shape index (κ3) is 4.00. The van der Waals surface area contributed by atoms with Crippen molar-refractivity contribution in [3.05, 3.63) is 28.2 Å². The zero-order valence-corrected chi connectivity index (χ0v) is 12.8. The summed E-state index contributed by atoms with van der Waals surface area (Å²) in [5.74, 6) is 0.878. The Morgan fingerprint density at radius 2 is 1.88 bits per heavy atom. The van der Waals surface area contributed by atoms with Gasteiger partial charge in [0.05, 0.1) is 0 Å². The van der Waals surface area contributed by atoms with E-state index in [1.54, 1.807) is 0 Å². The Morgan fingerprint density at radius 1 is 1.29 bits per heavy atom. The lowest BCUT2D eigenvalue weighted by Crippen LogP contribution is -2.45. The van der Waals surface area contributed by atoms with Crippen molar-refractivity contribution < 1.29 is 4.74 Å². The molecule has 2 atom stereocenters. The lowest BCUT2D eigenvalue weighted by molar-refractivity contribution is 0.0684. The molecule has 0 spiro atoms. The molecule has 3 heteroatoms. The highest BCUT2D eigenvalue weighted by Crippen LogP contribution is 2.28. The van der Waals surface area contributed by atoms with Crippen LogP contribution in [0.25, 0.3) is 0 Å². The van der Waals surface area contributed by atoms with Gasteiger partial charge in [0, 0.05) is 15.9 Å². The van der Waals surface area contributed by atoms with E-state index in [4.69, 9.17) is 10.5 Å². The van der Waals surface area contributed by atoms with E-state index in [9.17, 15) is 0 Å². The molecule has 0 saturated heterocycles. The van der Waals surface area contributed by atoms with Crippen molar-refractivity contribution in [2.24, 2.45) is 11.1 Å². The number of ether oxygens (including phenoxy) is 1. The molecule has 0 aliphatic rings. The maximum atomic E-state index is 6.03. The van der Waals surface area contributed by atoms with Crippen molar-refractivity contribution in [3.8, 4) is 5.75 Å². The number of rotatable bonds is 3. The van der Waals surface area contributed by atoms with Crippen molar-refractivity contribution in [3.63, 3.8) is 0 Å². The molecular weight excluding hydrogens is 278 g/mol. The van der Waals surface area contributed by atoms with Crippen molar-refractivity contribution >= 4 is 15.9 Å². The summed E-state index contributed by atoms with van der Waals surface area (Å²) < 4.78 is 7.13. The first-order valence-electron chi connectivity index (χ1n) is 5.90. The van der Waals surface area contributed by atoms with Crippen LogP contribution in [-0.2, 0) is 0 Å². The number of aryl methyl sites for hydroxylation is 1. The van der Waals surface area contributed by atoms with Crippen LogP contribution in [0.15, 0.2) is 22.7 Å². The third-order valence-corrected chi connectivity index (χ3v) is 3.61. The second-order valence-electron chi connectivity index (χ2n) is 5.67. The average molecular weight is 300 g/mol. The minimum absolute atomic E-state index is 0.000970. The van der Waals surface area contributed by atoms with Gasteiger partial charge in [0.15, 0.2) is 0 Å². The van der Waals surface area contributed by atoms with Gasteiger partial charge >= 0.3 is 0 Å². The van der Waals surface area contributed by atoms with E-state index < -0.39 is 0 Å². The minimum atomic E-state index is -0.000970. The van der Waals surface area contributed by atoms with Gasteiger partial charge in [0.25, 0.3) is 0 Å². The molecule has 0 radical (unpaired) electrons. The minimum Gasteiger partial charge on any atom is -0.488 e. The molecule has 2 N–H and O–H groups in total. The van der Waals surface area contributed by atoms with Gasteiger partial charge in [0.1, 0.15) is 11.9 Å². The van der Waals surface area contributed by atoms with Gasteiger partial charge in [-0.15, -0.1) is 0 Å². The third-order valence-electron chi connectivity index (χ3n) is 2.72. The Bertz CT molecular complexity index is 382. The van der Waals surface area contributed by atoms with Crippen molar-refractivity contribution in [2.45, 2.75) is 46.8 Å². The summed E-state index contributed by atoms with van der Waals surface area (Å²) in [5, 5.41) is 0. The number of halogens is 1. The number of nitrogens with two attached hydrogens (primary N) is 1. The maximum Gasteiger partial charge on any atom is 0.120 e. The molecule has 0 aromatic heterocycles. The van der Waals surface area contributed by atoms with Crippen LogP contribution in [-0.4, -0.2) is 12.1 Å². The molecule has 0 bridgehead atoms. The van der Waals surface area contributed by atoms with Gasteiger partial charge in [-0.25, -0.2) is 0 Å². The highest BCUT2D eigenvalue weighted by atomic mass is 79.9. The molecule has 0 heterocycles. The van der Waals surface area contributed by atoms with E-state index in [0.717, 1.165) is 10.2 Å². The van der Waals surface area contributed by atoms with E-state index in [0.29, 0.717) is 0 Å². The molecule has 0 aliphatic heterocycles. The van der Waals surface area contributed by atoms with Crippen LogP contribution in [0.3, 0.4) is 0 Å². The van der Waals surface area contributed by atoms with E-state index in [-0.39, 0.29) is 17.6 Å². The fraction of sp³-hybridized carbons (Fsp3) is 0.571. The number of benzene rings is 1. The highest BCUT2D eigenvalue weighted by Gasteiger charge is 2.29. The second-order valence-corrected chi connectivity index (χ2v) is 6.53. The summed E-state index contributed by atoms with van der Waals surface area (Å²) in [6.45, 7) is 10.5. The molecule has 0 fully saturated rings. The highest BCUT2D eigenvalue weighted by molar-refractivity contribution is 9.10. The lowest BCUT2D eigenvalue weighted by atomic mass is 9.85. The zero-order valence-electron chi connectivity index (χ0n) is 11.3. The maximum absolute atomic E-state index is 6.03. The Balaban J connectivity index is 2.91. The molecule has 0 saturated carbocycles. The first-order valence-corrected chi connectivity index (χ1v) is 6.69. The first-order chi connectivity index (χ1) is 7.71. The quantitative estimate of drug-likeness (QED) is 0.919. The van der Waals surface area contributed by atoms with Crippen LogP contribution in [0, 0.1) is 12.3 Å². The molecule has 1 aromatic carbocycles. The molecule has 0 amide bonds. The Hall–Kier alpha value is -0.540. The molecule has 1 aromatic rings. The number of hydrogen-bond acceptors (Lipinski definition) is 2. The first kappa shape index (κ1) is 14.5. The molecule has 2 nitrogen and oxygen atoms in total. The molecular formula is C14H22BrNO. The Kier molecular flexibility index (Phi) is 4.62. The normalized spacial score (nSPS) is 15.5.